The molecule has 6 heteroatoms. The first kappa shape index (κ1) is 23.7. The van der Waals surface area contributed by atoms with Crippen LogP contribution >= 0.6 is 0 Å². The van der Waals surface area contributed by atoms with Crippen LogP contribution < -0.4 is 5.49 Å². The summed E-state index contributed by atoms with van der Waals surface area (Å²) in [6.45, 7) is 3.98. The van der Waals surface area contributed by atoms with Crippen molar-refractivity contribution in [2.45, 2.75) is 13.8 Å². The van der Waals surface area contributed by atoms with Crippen molar-refractivity contribution in [2.75, 3.05) is 14.2 Å². The Morgan fingerprint density at radius 2 is 1.31 bits per heavy atom. The number of aryl methyl sites for hydroxylation is 2. The van der Waals surface area contributed by atoms with Crippen molar-refractivity contribution in [3.8, 4) is 16.8 Å². The molecule has 0 aliphatic rings. The summed E-state index contributed by atoms with van der Waals surface area (Å²) in [6, 6.07) is 26.5. The lowest BCUT2D eigenvalue weighted by Gasteiger charge is -2.20. The van der Waals surface area contributed by atoms with Gasteiger partial charge in [0.25, 0.3) is 0 Å². The maximum atomic E-state index is 13.3. The van der Waals surface area contributed by atoms with Crippen LogP contribution in [0, 0.1) is 13.8 Å². The number of rotatable bonds is 5. The van der Waals surface area contributed by atoms with E-state index in [0.29, 0.717) is 22.4 Å². The van der Waals surface area contributed by atoms with E-state index in [1.54, 1.807) is 10.6 Å². The highest BCUT2D eigenvalue weighted by Crippen LogP contribution is 2.28. The Morgan fingerprint density at radius 3 is 1.89 bits per heavy atom. The molecule has 0 spiro atoms. The van der Waals surface area contributed by atoms with Crippen LogP contribution in [0.1, 0.15) is 32.0 Å². The molecule has 0 unspecified atom stereocenters. The van der Waals surface area contributed by atoms with Gasteiger partial charge in [0.1, 0.15) is 11.2 Å². The summed E-state index contributed by atoms with van der Waals surface area (Å²) in [7, 11) is 2.58. The first-order valence-corrected chi connectivity index (χ1v) is 11.1. The van der Waals surface area contributed by atoms with Crippen molar-refractivity contribution >= 4 is 17.6 Å². The molecule has 0 aliphatic carbocycles. The van der Waals surface area contributed by atoms with E-state index in [1.165, 1.54) is 14.2 Å². The molecule has 35 heavy (non-hydrogen) atoms. The summed E-state index contributed by atoms with van der Waals surface area (Å²) in [5.41, 5.74) is 5.40. The van der Waals surface area contributed by atoms with Gasteiger partial charge in [-0.05, 0) is 49.7 Å². The predicted octanol–water partition coefficient (Wildman–Crippen LogP) is 5.57. The van der Waals surface area contributed by atoms with Crippen LogP contribution in [0.4, 0.5) is 5.69 Å². The fraction of sp³-hybridized carbons (Fsp3) is 0.138. The standard InChI is InChI=1S/C29H26N2O4/c1-19-10-14-22(15-11-19)30-25-18-24(21-8-6-5-7-9-21)26(28(32)34-3)27(29(33)35-4)31(25)23-16-12-20(2)13-17-23/h5-18H,1-4H3. The molecule has 0 amide bonds. The number of nitrogens with zero attached hydrogens (tertiary/aromatic N) is 2. The molecular weight excluding hydrogens is 440 g/mol. The fourth-order valence-electron chi connectivity index (χ4n) is 3.85. The molecule has 0 N–H and O–H groups in total. The van der Waals surface area contributed by atoms with E-state index in [0.717, 1.165) is 16.7 Å². The lowest BCUT2D eigenvalue weighted by molar-refractivity contribution is 0.0547. The number of ether oxygens (including phenoxy) is 2. The van der Waals surface area contributed by atoms with Crippen molar-refractivity contribution in [3.05, 3.63) is 113 Å². The predicted molar refractivity (Wildman–Crippen MR) is 135 cm³/mol. The van der Waals surface area contributed by atoms with E-state index in [4.69, 9.17) is 14.5 Å². The highest BCUT2D eigenvalue weighted by molar-refractivity contribution is 6.07. The van der Waals surface area contributed by atoms with E-state index >= 15 is 0 Å². The number of esters is 2. The first-order valence-electron chi connectivity index (χ1n) is 11.1. The smallest absolute Gasteiger partial charge is 0.356 e. The number of carbonyl (C=O) groups is 2. The lowest BCUT2D eigenvalue weighted by atomic mass is 9.98. The van der Waals surface area contributed by atoms with Crippen LogP contribution in [-0.2, 0) is 9.47 Å². The number of benzene rings is 3. The minimum Gasteiger partial charge on any atom is -0.465 e. The van der Waals surface area contributed by atoms with Gasteiger partial charge < -0.3 is 9.47 Å². The zero-order valence-electron chi connectivity index (χ0n) is 20.1. The van der Waals surface area contributed by atoms with E-state index in [9.17, 15) is 9.59 Å². The molecule has 6 nitrogen and oxygen atoms in total. The average Bonchev–Trinajstić information content (AvgIpc) is 2.89. The molecule has 4 rings (SSSR count). The normalized spacial score (nSPS) is 11.3. The van der Waals surface area contributed by atoms with Crippen LogP contribution in [0.3, 0.4) is 0 Å². The number of hydrogen-bond donors (Lipinski definition) is 0. The SMILES string of the molecule is COC(=O)c1c(-c2ccccc2)cc(=Nc2ccc(C)cc2)n(-c2ccc(C)cc2)c1C(=O)OC. The third kappa shape index (κ3) is 4.92. The molecule has 1 heterocycles. The maximum Gasteiger partial charge on any atom is 0.356 e. The number of pyridine rings is 1. The third-order valence-corrected chi connectivity index (χ3v) is 5.66. The summed E-state index contributed by atoms with van der Waals surface area (Å²) in [5.74, 6) is -1.32. The second-order valence-electron chi connectivity index (χ2n) is 8.11. The molecule has 1 aromatic heterocycles. The van der Waals surface area contributed by atoms with Gasteiger partial charge in [0.2, 0.25) is 0 Å². The first-order chi connectivity index (χ1) is 16.9. The second-order valence-corrected chi connectivity index (χ2v) is 8.11. The number of aromatic nitrogens is 1. The molecule has 3 aromatic carbocycles. The third-order valence-electron chi connectivity index (χ3n) is 5.66. The van der Waals surface area contributed by atoms with Gasteiger partial charge >= 0.3 is 11.9 Å². The zero-order chi connectivity index (χ0) is 24.9. The Morgan fingerprint density at radius 1 is 0.743 bits per heavy atom. The van der Waals surface area contributed by atoms with Crippen LogP contribution in [0.2, 0.25) is 0 Å². The highest BCUT2D eigenvalue weighted by atomic mass is 16.5. The summed E-state index contributed by atoms with van der Waals surface area (Å²) in [6.07, 6.45) is 0. The molecule has 4 aromatic rings. The summed E-state index contributed by atoms with van der Waals surface area (Å²) >= 11 is 0. The van der Waals surface area contributed by atoms with Gasteiger partial charge in [-0.15, -0.1) is 0 Å². The zero-order valence-corrected chi connectivity index (χ0v) is 20.1. The van der Waals surface area contributed by atoms with Gasteiger partial charge in [-0.2, -0.15) is 0 Å². The Balaban J connectivity index is 2.21. The maximum absolute atomic E-state index is 13.3. The van der Waals surface area contributed by atoms with Gasteiger partial charge in [-0.25, -0.2) is 14.6 Å². The largest absolute Gasteiger partial charge is 0.465 e. The minimum atomic E-state index is -0.677. The summed E-state index contributed by atoms with van der Waals surface area (Å²) in [5, 5.41) is 0. The average molecular weight is 467 g/mol. The van der Waals surface area contributed by atoms with E-state index in [2.05, 4.69) is 0 Å². The van der Waals surface area contributed by atoms with E-state index < -0.39 is 11.9 Å². The Labute approximate surface area is 204 Å². The summed E-state index contributed by atoms with van der Waals surface area (Å²) < 4.78 is 11.9. The molecule has 0 aliphatic heterocycles. The van der Waals surface area contributed by atoms with Crippen LogP contribution in [0.25, 0.3) is 16.8 Å². The van der Waals surface area contributed by atoms with Gasteiger partial charge in [-0.1, -0.05) is 65.7 Å². The molecule has 0 saturated heterocycles. The fourth-order valence-corrected chi connectivity index (χ4v) is 3.85. The monoisotopic (exact) mass is 466 g/mol. The van der Waals surface area contributed by atoms with Gasteiger partial charge in [0.05, 0.1) is 25.5 Å². The van der Waals surface area contributed by atoms with Crippen molar-refractivity contribution in [3.63, 3.8) is 0 Å². The number of carbonyl (C=O) groups excluding carboxylic acids is 2. The molecule has 0 bridgehead atoms. The van der Waals surface area contributed by atoms with Gasteiger partial charge in [0.15, 0.2) is 0 Å². The molecular formula is C29H26N2O4. The van der Waals surface area contributed by atoms with Crippen molar-refractivity contribution in [2.24, 2.45) is 4.99 Å². The van der Waals surface area contributed by atoms with Crippen molar-refractivity contribution in [1.29, 1.82) is 0 Å². The number of hydrogen-bond acceptors (Lipinski definition) is 5. The van der Waals surface area contributed by atoms with Crippen LogP contribution in [0.15, 0.2) is 89.9 Å². The Kier molecular flexibility index (Phi) is 6.92. The molecule has 0 atom stereocenters. The van der Waals surface area contributed by atoms with Crippen LogP contribution in [0.5, 0.6) is 0 Å². The molecule has 176 valence electrons. The lowest BCUT2D eigenvalue weighted by Crippen LogP contribution is -2.30. The number of methoxy groups -OCH3 is 2. The highest BCUT2D eigenvalue weighted by Gasteiger charge is 2.28. The van der Waals surface area contributed by atoms with E-state index in [-0.39, 0.29) is 11.3 Å². The quantitative estimate of drug-likeness (QED) is 0.361. The van der Waals surface area contributed by atoms with Crippen LogP contribution in [-0.4, -0.2) is 30.7 Å². The Hall–Kier alpha value is -4.45. The topological polar surface area (TPSA) is 69.9 Å². The molecule has 0 radical (unpaired) electrons. The minimum absolute atomic E-state index is 0.0374. The van der Waals surface area contributed by atoms with Crippen molar-refractivity contribution in [1.82, 2.24) is 4.57 Å². The van der Waals surface area contributed by atoms with Crippen molar-refractivity contribution < 1.29 is 19.1 Å². The second kappa shape index (κ2) is 10.2. The van der Waals surface area contributed by atoms with Gasteiger partial charge in [0, 0.05) is 11.3 Å². The Bertz CT molecular complexity index is 1440. The summed E-state index contributed by atoms with van der Waals surface area (Å²) in [4.78, 5) is 31.2. The van der Waals surface area contributed by atoms with E-state index in [1.807, 2.05) is 92.7 Å². The molecule has 0 fully saturated rings. The molecule has 0 saturated carbocycles. The van der Waals surface area contributed by atoms with Gasteiger partial charge in [-0.3, -0.25) is 4.57 Å².